The molecule has 0 heterocycles. The molecule has 0 saturated heterocycles. The van der Waals surface area contributed by atoms with Gasteiger partial charge in [-0.25, -0.2) is 0 Å². The van der Waals surface area contributed by atoms with Gasteiger partial charge >= 0.3 is 0 Å². The number of rotatable bonds is 6. The molecule has 1 aromatic rings. The molecule has 0 spiro atoms. The molecule has 0 aliphatic carbocycles. The predicted molar refractivity (Wildman–Crippen MR) is 64.8 cm³/mol. The number of ether oxygens (including phenoxy) is 1. The lowest BCUT2D eigenvalue weighted by Crippen LogP contribution is -2.05. The molecule has 0 aromatic heterocycles. The summed E-state index contributed by atoms with van der Waals surface area (Å²) in [6, 6.07) is 9.04. The maximum Gasteiger partial charge on any atom is 0.119 e. The highest BCUT2D eigenvalue weighted by Crippen LogP contribution is 2.11. The minimum Gasteiger partial charge on any atom is -0.494 e. The van der Waals surface area contributed by atoms with Gasteiger partial charge in [-0.1, -0.05) is 6.92 Å². The van der Waals surface area contributed by atoms with Gasteiger partial charge in [0.1, 0.15) is 5.75 Å². The van der Waals surface area contributed by atoms with Gasteiger partial charge < -0.3 is 4.74 Å². The molecule has 0 saturated carbocycles. The Morgan fingerprint density at radius 1 is 1.38 bits per heavy atom. The fraction of sp³-hybridized carbons (Fsp3) is 0.417. The lowest BCUT2D eigenvalue weighted by Gasteiger charge is -2.05. The molecule has 0 aliphatic heterocycles. The number of hydrogen-bond acceptors (Lipinski definition) is 3. The first-order chi connectivity index (χ1) is 7.76. The van der Waals surface area contributed by atoms with Crippen LogP contribution < -0.4 is 4.74 Å². The fourth-order valence-corrected chi connectivity index (χ4v) is 1.91. The van der Waals surface area contributed by atoms with Crippen LogP contribution in [0.1, 0.15) is 18.9 Å². The molecule has 0 radical (unpaired) electrons. The zero-order chi connectivity index (χ0) is 11.8. The van der Waals surface area contributed by atoms with Crippen LogP contribution in [-0.4, -0.2) is 22.3 Å². The monoisotopic (exact) mass is 237 g/mol. The molecular weight excluding hydrogens is 222 g/mol. The Labute approximate surface area is 98.5 Å². The molecule has 0 bridgehead atoms. The van der Waals surface area contributed by atoms with Crippen molar-refractivity contribution in [3.05, 3.63) is 29.8 Å². The molecule has 4 heteroatoms. The first kappa shape index (κ1) is 12.7. The van der Waals surface area contributed by atoms with Crippen molar-refractivity contribution in [2.45, 2.75) is 13.3 Å². The second-order valence-electron chi connectivity index (χ2n) is 3.27. The predicted octanol–water partition coefficient (Wildman–Crippen LogP) is 2.10. The zero-order valence-electron chi connectivity index (χ0n) is 9.31. The van der Waals surface area contributed by atoms with Crippen molar-refractivity contribution in [2.24, 2.45) is 0 Å². The summed E-state index contributed by atoms with van der Waals surface area (Å²) >= 11 is 0. The highest BCUT2D eigenvalue weighted by atomic mass is 32.2. The number of nitrogens with zero attached hydrogens (tertiary/aromatic N) is 1. The maximum atomic E-state index is 11.1. The van der Waals surface area contributed by atoms with E-state index in [2.05, 4.69) is 0 Å². The maximum absolute atomic E-state index is 11.1. The zero-order valence-corrected chi connectivity index (χ0v) is 10.1. The lowest BCUT2D eigenvalue weighted by atomic mass is 10.2. The van der Waals surface area contributed by atoms with Crippen molar-refractivity contribution in [3.63, 3.8) is 0 Å². The van der Waals surface area contributed by atoms with E-state index in [4.69, 9.17) is 10.00 Å². The average molecular weight is 237 g/mol. The van der Waals surface area contributed by atoms with E-state index in [-0.39, 0.29) is 0 Å². The van der Waals surface area contributed by atoms with Crippen LogP contribution in [0.3, 0.4) is 0 Å². The quantitative estimate of drug-likeness (QED) is 0.712. The third-order valence-corrected chi connectivity index (χ3v) is 3.48. The summed E-state index contributed by atoms with van der Waals surface area (Å²) in [5, 5.41) is 8.61. The Balaban J connectivity index is 2.27. The van der Waals surface area contributed by atoms with Crippen LogP contribution in [-0.2, 0) is 10.8 Å². The van der Waals surface area contributed by atoms with Crippen LogP contribution in [0.15, 0.2) is 24.3 Å². The largest absolute Gasteiger partial charge is 0.494 e. The van der Waals surface area contributed by atoms with E-state index in [9.17, 15) is 4.21 Å². The average Bonchev–Trinajstić information content (AvgIpc) is 2.35. The first-order valence-electron chi connectivity index (χ1n) is 5.24. The lowest BCUT2D eigenvalue weighted by molar-refractivity contribution is 0.318. The van der Waals surface area contributed by atoms with E-state index in [1.165, 1.54) is 0 Å². The SMILES string of the molecule is CCS(=O)CCCOc1ccc(C#N)cc1. The highest BCUT2D eigenvalue weighted by Gasteiger charge is 1.97. The molecule has 1 unspecified atom stereocenters. The molecule has 1 aromatic carbocycles. The van der Waals surface area contributed by atoms with Crippen molar-refractivity contribution in [1.82, 2.24) is 0 Å². The second kappa shape index (κ2) is 7.02. The van der Waals surface area contributed by atoms with Gasteiger partial charge in [-0.15, -0.1) is 0 Å². The molecule has 1 atom stereocenters. The fourth-order valence-electron chi connectivity index (χ4n) is 1.18. The van der Waals surface area contributed by atoms with E-state index in [1.807, 2.05) is 13.0 Å². The topological polar surface area (TPSA) is 50.1 Å². The number of benzene rings is 1. The van der Waals surface area contributed by atoms with Gasteiger partial charge in [-0.05, 0) is 30.7 Å². The van der Waals surface area contributed by atoms with Gasteiger partial charge in [0.05, 0.1) is 18.2 Å². The first-order valence-corrected chi connectivity index (χ1v) is 6.73. The Kier molecular flexibility index (Phi) is 5.58. The van der Waals surface area contributed by atoms with E-state index in [1.54, 1.807) is 24.3 Å². The Hall–Kier alpha value is -1.34. The molecule has 16 heavy (non-hydrogen) atoms. The van der Waals surface area contributed by atoms with Gasteiger partial charge in [-0.2, -0.15) is 5.26 Å². The molecule has 1 rings (SSSR count). The summed E-state index contributed by atoms with van der Waals surface area (Å²) in [7, 11) is -0.713. The summed E-state index contributed by atoms with van der Waals surface area (Å²) in [6.45, 7) is 2.48. The Morgan fingerprint density at radius 3 is 2.62 bits per heavy atom. The van der Waals surface area contributed by atoms with E-state index in [0.29, 0.717) is 23.7 Å². The molecule has 0 fully saturated rings. The number of hydrogen-bond donors (Lipinski definition) is 0. The van der Waals surface area contributed by atoms with Gasteiger partial charge in [-0.3, -0.25) is 4.21 Å². The molecule has 3 nitrogen and oxygen atoms in total. The van der Waals surface area contributed by atoms with Crippen molar-refractivity contribution in [3.8, 4) is 11.8 Å². The third-order valence-electron chi connectivity index (χ3n) is 2.09. The molecule has 0 amide bonds. The van der Waals surface area contributed by atoms with Crippen LogP contribution in [0.2, 0.25) is 0 Å². The van der Waals surface area contributed by atoms with Crippen molar-refractivity contribution >= 4 is 10.8 Å². The van der Waals surface area contributed by atoms with E-state index >= 15 is 0 Å². The van der Waals surface area contributed by atoms with Crippen molar-refractivity contribution in [2.75, 3.05) is 18.1 Å². The Morgan fingerprint density at radius 2 is 2.06 bits per heavy atom. The van der Waals surface area contributed by atoms with Gasteiger partial charge in [0, 0.05) is 22.3 Å². The minimum absolute atomic E-state index is 0.567. The summed E-state index contributed by atoms with van der Waals surface area (Å²) in [5.74, 6) is 2.14. The summed E-state index contributed by atoms with van der Waals surface area (Å²) < 4.78 is 16.6. The van der Waals surface area contributed by atoms with Gasteiger partial charge in [0.25, 0.3) is 0 Å². The van der Waals surface area contributed by atoms with Crippen molar-refractivity contribution in [1.29, 1.82) is 5.26 Å². The second-order valence-corrected chi connectivity index (χ2v) is 5.14. The third kappa shape index (κ3) is 4.45. The van der Waals surface area contributed by atoms with Crippen LogP contribution in [0, 0.1) is 11.3 Å². The summed E-state index contributed by atoms with van der Waals surface area (Å²) in [5.41, 5.74) is 0.624. The van der Waals surface area contributed by atoms with E-state index in [0.717, 1.165) is 12.2 Å². The van der Waals surface area contributed by atoms with Crippen molar-refractivity contribution < 1.29 is 8.95 Å². The Bertz CT molecular complexity index is 381. The number of nitriles is 1. The summed E-state index contributed by atoms with van der Waals surface area (Å²) in [4.78, 5) is 0. The molecule has 0 aliphatic rings. The normalized spacial score (nSPS) is 11.8. The van der Waals surface area contributed by atoms with E-state index < -0.39 is 10.8 Å². The summed E-state index contributed by atoms with van der Waals surface area (Å²) in [6.07, 6.45) is 0.792. The standard InChI is InChI=1S/C12H15NO2S/c1-2-16(14)9-3-8-15-12-6-4-11(10-13)5-7-12/h4-7H,2-3,8-9H2,1H3. The van der Waals surface area contributed by atoms with Gasteiger partial charge in [0.15, 0.2) is 0 Å². The molecule has 0 N–H and O–H groups in total. The van der Waals surface area contributed by atoms with Gasteiger partial charge in [0.2, 0.25) is 0 Å². The smallest absolute Gasteiger partial charge is 0.119 e. The molecule has 86 valence electrons. The molecular formula is C12H15NO2S. The van der Waals surface area contributed by atoms with Crippen LogP contribution in [0.5, 0.6) is 5.75 Å². The highest BCUT2D eigenvalue weighted by molar-refractivity contribution is 7.84. The van der Waals surface area contributed by atoms with Crippen LogP contribution in [0.4, 0.5) is 0 Å². The van der Waals surface area contributed by atoms with Crippen LogP contribution >= 0.6 is 0 Å². The van der Waals surface area contributed by atoms with Crippen LogP contribution in [0.25, 0.3) is 0 Å². The minimum atomic E-state index is -0.713.